The summed E-state index contributed by atoms with van der Waals surface area (Å²) >= 11 is 0. The van der Waals surface area contributed by atoms with Crippen LogP contribution in [0.4, 0.5) is 0 Å². The third kappa shape index (κ3) is 2.00. The van der Waals surface area contributed by atoms with E-state index in [1.54, 1.807) is 12.4 Å². The van der Waals surface area contributed by atoms with Crippen LogP contribution in [0.2, 0.25) is 0 Å². The van der Waals surface area contributed by atoms with E-state index < -0.39 is 5.41 Å². The molecule has 7 nitrogen and oxygen atoms in total. The molecule has 1 fully saturated rings. The van der Waals surface area contributed by atoms with E-state index in [0.29, 0.717) is 30.8 Å². The van der Waals surface area contributed by atoms with Crippen molar-refractivity contribution in [2.24, 2.45) is 5.73 Å². The van der Waals surface area contributed by atoms with Gasteiger partial charge in [0.1, 0.15) is 0 Å². The lowest BCUT2D eigenvalue weighted by Gasteiger charge is -2.21. The van der Waals surface area contributed by atoms with Crippen LogP contribution >= 0.6 is 0 Å². The highest BCUT2D eigenvalue weighted by Gasteiger charge is 2.44. The molecule has 2 aromatic rings. The van der Waals surface area contributed by atoms with Crippen LogP contribution in [-0.2, 0) is 10.2 Å². The van der Waals surface area contributed by atoms with Gasteiger partial charge in [-0.2, -0.15) is 4.98 Å². The van der Waals surface area contributed by atoms with Gasteiger partial charge in [-0.1, -0.05) is 5.16 Å². The van der Waals surface area contributed by atoms with Gasteiger partial charge in [-0.3, -0.25) is 0 Å². The van der Waals surface area contributed by atoms with Crippen molar-refractivity contribution in [3.63, 3.8) is 0 Å². The Morgan fingerprint density at radius 2 is 2.05 bits per heavy atom. The lowest BCUT2D eigenvalue weighted by Crippen LogP contribution is -2.42. The van der Waals surface area contributed by atoms with Crippen molar-refractivity contribution in [1.82, 2.24) is 20.1 Å². The Hall–Kier alpha value is -1.86. The Labute approximate surface area is 110 Å². The van der Waals surface area contributed by atoms with Crippen LogP contribution in [0.1, 0.15) is 18.4 Å². The van der Waals surface area contributed by atoms with Gasteiger partial charge in [0.25, 0.3) is 0 Å². The molecule has 1 aliphatic rings. The third-order valence-electron chi connectivity index (χ3n) is 3.41. The van der Waals surface area contributed by atoms with Crippen molar-refractivity contribution < 1.29 is 9.26 Å². The molecule has 1 saturated heterocycles. The van der Waals surface area contributed by atoms with E-state index in [1.807, 2.05) is 13.8 Å². The Kier molecular flexibility index (Phi) is 2.79. The maximum atomic E-state index is 6.03. The molecule has 0 radical (unpaired) electrons. The highest BCUT2D eigenvalue weighted by Crippen LogP contribution is 2.31. The van der Waals surface area contributed by atoms with Crippen LogP contribution < -0.4 is 5.73 Å². The van der Waals surface area contributed by atoms with Gasteiger partial charge in [-0.25, -0.2) is 9.97 Å². The predicted octanol–water partition coefficient (Wildman–Crippen LogP) is 0.450. The van der Waals surface area contributed by atoms with E-state index in [2.05, 4.69) is 20.1 Å². The molecule has 2 atom stereocenters. The Morgan fingerprint density at radius 3 is 2.68 bits per heavy atom. The highest BCUT2D eigenvalue weighted by molar-refractivity contribution is 5.41. The zero-order valence-corrected chi connectivity index (χ0v) is 10.8. The molecule has 2 unspecified atom stereocenters. The Balaban J connectivity index is 1.93. The standard InChI is InChI=1S/C12H15N5O2/c1-7-3-14-9(15-4-7)10-16-11(19-17-10)12(2)6-18-5-8(12)13/h3-4,8H,5-6,13H2,1-2H3. The average Bonchev–Trinajstić information content (AvgIpc) is 3.00. The fourth-order valence-corrected chi connectivity index (χ4v) is 1.96. The quantitative estimate of drug-likeness (QED) is 0.837. The van der Waals surface area contributed by atoms with Crippen molar-refractivity contribution in [3.05, 3.63) is 23.8 Å². The molecule has 1 aliphatic heterocycles. The minimum atomic E-state index is -0.448. The topological polar surface area (TPSA) is 100.0 Å². The van der Waals surface area contributed by atoms with Crippen LogP contribution in [0.15, 0.2) is 16.9 Å². The van der Waals surface area contributed by atoms with Gasteiger partial charge >= 0.3 is 0 Å². The lowest BCUT2D eigenvalue weighted by atomic mass is 9.86. The molecule has 19 heavy (non-hydrogen) atoms. The molecular formula is C12H15N5O2. The summed E-state index contributed by atoms with van der Waals surface area (Å²) in [6.45, 7) is 4.85. The van der Waals surface area contributed by atoms with Gasteiger partial charge in [-0.05, 0) is 19.4 Å². The van der Waals surface area contributed by atoms with Gasteiger partial charge in [-0.15, -0.1) is 0 Å². The Morgan fingerprint density at radius 1 is 1.32 bits per heavy atom. The van der Waals surface area contributed by atoms with Gasteiger partial charge in [0, 0.05) is 18.4 Å². The van der Waals surface area contributed by atoms with Crippen molar-refractivity contribution in [1.29, 1.82) is 0 Å². The maximum absolute atomic E-state index is 6.03. The molecule has 3 rings (SSSR count). The normalized spacial score (nSPS) is 26.8. The second-order valence-electron chi connectivity index (χ2n) is 5.05. The monoisotopic (exact) mass is 261 g/mol. The van der Waals surface area contributed by atoms with Crippen molar-refractivity contribution in [3.8, 4) is 11.6 Å². The molecule has 0 saturated carbocycles. The summed E-state index contributed by atoms with van der Waals surface area (Å²) in [5.74, 6) is 1.28. The summed E-state index contributed by atoms with van der Waals surface area (Å²) in [7, 11) is 0. The first-order valence-electron chi connectivity index (χ1n) is 6.06. The van der Waals surface area contributed by atoms with Crippen LogP contribution in [0, 0.1) is 6.92 Å². The van der Waals surface area contributed by atoms with E-state index in [9.17, 15) is 0 Å². The van der Waals surface area contributed by atoms with Gasteiger partial charge < -0.3 is 15.0 Å². The summed E-state index contributed by atoms with van der Waals surface area (Å²) in [4.78, 5) is 12.7. The number of rotatable bonds is 2. The van der Waals surface area contributed by atoms with E-state index in [0.717, 1.165) is 5.56 Å². The molecule has 7 heteroatoms. The van der Waals surface area contributed by atoms with Crippen LogP contribution in [0.25, 0.3) is 11.6 Å². The summed E-state index contributed by atoms with van der Waals surface area (Å²) in [6.07, 6.45) is 3.43. The van der Waals surface area contributed by atoms with E-state index in [4.69, 9.17) is 15.0 Å². The van der Waals surface area contributed by atoms with Gasteiger partial charge in [0.05, 0.1) is 18.6 Å². The number of aryl methyl sites for hydroxylation is 1. The van der Waals surface area contributed by atoms with E-state index in [-0.39, 0.29) is 6.04 Å². The van der Waals surface area contributed by atoms with Crippen molar-refractivity contribution in [2.75, 3.05) is 13.2 Å². The van der Waals surface area contributed by atoms with Crippen LogP contribution in [0.3, 0.4) is 0 Å². The second kappa shape index (κ2) is 4.36. The van der Waals surface area contributed by atoms with Crippen LogP contribution in [0.5, 0.6) is 0 Å². The second-order valence-corrected chi connectivity index (χ2v) is 5.05. The minimum absolute atomic E-state index is 0.153. The lowest BCUT2D eigenvalue weighted by molar-refractivity contribution is 0.169. The number of ether oxygens (including phenoxy) is 1. The third-order valence-corrected chi connectivity index (χ3v) is 3.41. The maximum Gasteiger partial charge on any atom is 0.240 e. The molecule has 0 bridgehead atoms. The van der Waals surface area contributed by atoms with E-state index in [1.165, 1.54) is 0 Å². The fraction of sp³-hybridized carbons (Fsp3) is 0.500. The molecule has 0 amide bonds. The largest absolute Gasteiger partial charge is 0.379 e. The smallest absolute Gasteiger partial charge is 0.240 e. The zero-order chi connectivity index (χ0) is 13.5. The summed E-state index contributed by atoms with van der Waals surface area (Å²) in [6, 6.07) is -0.153. The average molecular weight is 261 g/mol. The van der Waals surface area contributed by atoms with Crippen molar-refractivity contribution in [2.45, 2.75) is 25.3 Å². The van der Waals surface area contributed by atoms with E-state index >= 15 is 0 Å². The first-order valence-corrected chi connectivity index (χ1v) is 6.06. The molecule has 0 aliphatic carbocycles. The van der Waals surface area contributed by atoms with Gasteiger partial charge in [0.2, 0.25) is 17.5 Å². The molecule has 0 aromatic carbocycles. The molecule has 0 spiro atoms. The number of aromatic nitrogens is 4. The summed E-state index contributed by atoms with van der Waals surface area (Å²) in [5.41, 5.74) is 6.56. The fourth-order valence-electron chi connectivity index (χ4n) is 1.96. The van der Waals surface area contributed by atoms with Crippen molar-refractivity contribution >= 4 is 0 Å². The summed E-state index contributed by atoms with van der Waals surface area (Å²) in [5, 5.41) is 3.92. The molecule has 3 heterocycles. The first-order chi connectivity index (χ1) is 9.09. The number of nitrogens with two attached hydrogens (primary N) is 1. The van der Waals surface area contributed by atoms with Crippen LogP contribution in [-0.4, -0.2) is 39.4 Å². The zero-order valence-electron chi connectivity index (χ0n) is 10.8. The SMILES string of the molecule is Cc1cnc(-c2noc(C3(C)COCC3N)n2)nc1. The molecule has 100 valence electrons. The molecule has 2 aromatic heterocycles. The summed E-state index contributed by atoms with van der Waals surface area (Å²) < 4.78 is 10.7. The number of hydrogen-bond donors (Lipinski definition) is 1. The number of nitrogens with zero attached hydrogens (tertiary/aromatic N) is 4. The van der Waals surface area contributed by atoms with Gasteiger partial charge in [0.15, 0.2) is 0 Å². The first kappa shape index (κ1) is 12.2. The minimum Gasteiger partial charge on any atom is -0.379 e. The molecular weight excluding hydrogens is 246 g/mol. The Bertz CT molecular complexity index is 582. The number of hydrogen-bond acceptors (Lipinski definition) is 7. The molecule has 2 N–H and O–H groups in total. The highest BCUT2D eigenvalue weighted by atomic mass is 16.5. The predicted molar refractivity (Wildman–Crippen MR) is 66.2 cm³/mol.